The highest BCUT2D eigenvalue weighted by atomic mass is 16.7. The van der Waals surface area contributed by atoms with Crippen molar-refractivity contribution in [3.63, 3.8) is 0 Å². The van der Waals surface area contributed by atoms with Crippen LogP contribution in [-0.4, -0.2) is 88.4 Å². The van der Waals surface area contributed by atoms with Gasteiger partial charge in [0.2, 0.25) is 0 Å². The van der Waals surface area contributed by atoms with Crippen molar-refractivity contribution in [2.45, 2.75) is 275 Å². The molecule has 1 saturated heterocycles. The fourth-order valence-corrected chi connectivity index (χ4v) is 8.23. The van der Waals surface area contributed by atoms with Crippen LogP contribution in [0.15, 0.2) is 48.6 Å². The minimum absolute atomic E-state index is 0.182. The number of esters is 2. The third-order valence-electron chi connectivity index (χ3n) is 12.4. The van der Waals surface area contributed by atoms with Gasteiger partial charge in [-0.1, -0.05) is 223 Å². The molecule has 4 N–H and O–H groups in total. The summed E-state index contributed by atoms with van der Waals surface area (Å²) < 4.78 is 21.9. The minimum Gasteiger partial charge on any atom is -0.479 e. The monoisotopic (exact) mass is 947 g/mol. The lowest BCUT2D eigenvalue weighted by atomic mass is 9.99. The number of allylic oxidation sites excluding steroid dienone is 8. The van der Waals surface area contributed by atoms with Crippen molar-refractivity contribution >= 4 is 17.9 Å². The number of aliphatic hydroxyl groups excluding tert-OH is 3. The number of carbonyl (C=O) groups excluding carboxylic acids is 2. The molecule has 0 aromatic heterocycles. The quantitative estimate of drug-likeness (QED) is 0.0260. The molecule has 0 aliphatic carbocycles. The van der Waals surface area contributed by atoms with E-state index in [4.69, 9.17) is 18.9 Å². The molecule has 11 nitrogen and oxygen atoms in total. The number of rotatable bonds is 46. The second kappa shape index (κ2) is 45.6. The molecule has 6 unspecified atom stereocenters. The van der Waals surface area contributed by atoms with Crippen molar-refractivity contribution in [2.75, 3.05) is 13.2 Å². The summed E-state index contributed by atoms with van der Waals surface area (Å²) in [6.45, 7) is 3.73. The molecule has 0 saturated carbocycles. The summed E-state index contributed by atoms with van der Waals surface area (Å²) in [5.41, 5.74) is 0. The topological polar surface area (TPSA) is 169 Å². The van der Waals surface area contributed by atoms with E-state index in [0.717, 1.165) is 83.5 Å². The average Bonchev–Trinajstić information content (AvgIpc) is 3.31. The van der Waals surface area contributed by atoms with E-state index in [2.05, 4.69) is 62.5 Å². The first kappa shape index (κ1) is 62.2. The molecular formula is C56H98O11. The molecule has 1 rings (SSSR count). The van der Waals surface area contributed by atoms with Gasteiger partial charge in [-0.15, -0.1) is 0 Å². The van der Waals surface area contributed by atoms with Crippen molar-refractivity contribution in [2.24, 2.45) is 0 Å². The number of aliphatic hydroxyl groups is 3. The zero-order valence-electron chi connectivity index (χ0n) is 42.4. The number of hydrogen-bond donors (Lipinski definition) is 4. The summed E-state index contributed by atoms with van der Waals surface area (Å²) >= 11 is 0. The molecule has 388 valence electrons. The van der Waals surface area contributed by atoms with Gasteiger partial charge in [-0.05, 0) is 51.4 Å². The smallest absolute Gasteiger partial charge is 0.335 e. The Kier molecular flexibility index (Phi) is 42.3. The van der Waals surface area contributed by atoms with Gasteiger partial charge in [0, 0.05) is 12.8 Å². The van der Waals surface area contributed by atoms with Crippen LogP contribution in [0.2, 0.25) is 0 Å². The van der Waals surface area contributed by atoms with Gasteiger partial charge in [-0.25, -0.2) is 4.79 Å². The van der Waals surface area contributed by atoms with Gasteiger partial charge in [0.25, 0.3) is 0 Å². The average molecular weight is 947 g/mol. The van der Waals surface area contributed by atoms with E-state index in [1.165, 1.54) is 116 Å². The van der Waals surface area contributed by atoms with Crippen molar-refractivity contribution < 1.29 is 53.8 Å². The van der Waals surface area contributed by atoms with Crippen LogP contribution in [0.4, 0.5) is 0 Å². The first-order valence-electron chi connectivity index (χ1n) is 27.2. The Morgan fingerprint density at radius 3 is 1.33 bits per heavy atom. The molecule has 1 fully saturated rings. The summed E-state index contributed by atoms with van der Waals surface area (Å²) in [5.74, 6) is -2.45. The van der Waals surface area contributed by atoms with Crippen LogP contribution < -0.4 is 0 Å². The van der Waals surface area contributed by atoms with Crippen LogP contribution in [0.1, 0.15) is 239 Å². The molecule has 6 atom stereocenters. The van der Waals surface area contributed by atoms with E-state index in [1.54, 1.807) is 0 Å². The SMILES string of the molecule is CC/C=C\C/C=C\C/C=C\C/C=C\CCCCCCCCC(=O)OCC(COC1OC(C(=O)O)C(O)C(O)C1O)OC(=O)CCCCCCCCCCCCCCCCCCCCCCCC. The lowest BCUT2D eigenvalue weighted by Crippen LogP contribution is -2.60. The first-order valence-corrected chi connectivity index (χ1v) is 27.2. The molecule has 0 bridgehead atoms. The lowest BCUT2D eigenvalue weighted by molar-refractivity contribution is -0.298. The standard InChI is InChI=1S/C56H98O11/c1-3-5-7-9-11-13-15-17-19-21-23-24-25-27-29-31-33-35-37-39-41-43-45-50(58)66-48(47-65-56-53(61)51(59)52(60)54(67-56)55(62)63)46-64-49(57)44-42-40-38-36-34-32-30-28-26-22-20-18-16-14-12-10-8-6-4-2/h6,8,12,14,18,20,26,28,48,51-54,56,59-61H,3-5,7,9-11,13,15-17,19,21-25,27,29-47H2,1-2H3,(H,62,63)/b8-6-,14-12-,20-18-,28-26-. The van der Waals surface area contributed by atoms with Gasteiger partial charge in [0.05, 0.1) is 6.61 Å². The number of unbranched alkanes of at least 4 members (excludes halogenated alkanes) is 27. The maximum atomic E-state index is 12.9. The summed E-state index contributed by atoms with van der Waals surface area (Å²) in [7, 11) is 0. The molecule has 1 aliphatic heterocycles. The van der Waals surface area contributed by atoms with Gasteiger partial charge < -0.3 is 39.4 Å². The van der Waals surface area contributed by atoms with Crippen LogP contribution in [0.3, 0.4) is 0 Å². The molecule has 1 aliphatic rings. The van der Waals surface area contributed by atoms with Crippen LogP contribution in [0, 0.1) is 0 Å². The Morgan fingerprint density at radius 2 is 0.881 bits per heavy atom. The third-order valence-corrected chi connectivity index (χ3v) is 12.4. The Balaban J connectivity index is 2.27. The molecular weight excluding hydrogens is 849 g/mol. The van der Waals surface area contributed by atoms with Crippen LogP contribution in [-0.2, 0) is 33.3 Å². The Hall–Kier alpha value is -2.83. The molecule has 0 aromatic rings. The van der Waals surface area contributed by atoms with Gasteiger partial charge in [0.15, 0.2) is 18.5 Å². The molecule has 0 aromatic carbocycles. The first-order chi connectivity index (χ1) is 32.7. The number of carbonyl (C=O) groups is 3. The maximum Gasteiger partial charge on any atom is 0.335 e. The number of ether oxygens (including phenoxy) is 4. The zero-order valence-corrected chi connectivity index (χ0v) is 42.4. The number of hydrogen-bond acceptors (Lipinski definition) is 10. The van der Waals surface area contributed by atoms with Gasteiger partial charge in [0.1, 0.15) is 24.9 Å². The van der Waals surface area contributed by atoms with Crippen molar-refractivity contribution in [3.05, 3.63) is 48.6 Å². The largest absolute Gasteiger partial charge is 0.479 e. The Labute approximate surface area is 407 Å². The number of aliphatic carboxylic acids is 1. The van der Waals surface area contributed by atoms with Crippen LogP contribution in [0.5, 0.6) is 0 Å². The summed E-state index contributed by atoms with van der Waals surface area (Å²) in [4.78, 5) is 37.0. The molecule has 1 heterocycles. The highest BCUT2D eigenvalue weighted by Crippen LogP contribution is 2.23. The Morgan fingerprint density at radius 1 is 0.478 bits per heavy atom. The van der Waals surface area contributed by atoms with E-state index < -0.39 is 61.3 Å². The zero-order chi connectivity index (χ0) is 48.8. The summed E-state index contributed by atoms with van der Waals surface area (Å²) in [6.07, 6.45) is 47.3. The van der Waals surface area contributed by atoms with Gasteiger partial charge in [-0.3, -0.25) is 9.59 Å². The van der Waals surface area contributed by atoms with Gasteiger partial charge in [-0.2, -0.15) is 0 Å². The lowest BCUT2D eigenvalue weighted by Gasteiger charge is -2.38. The fraction of sp³-hybridized carbons (Fsp3) is 0.804. The van der Waals surface area contributed by atoms with E-state index in [0.29, 0.717) is 12.8 Å². The predicted molar refractivity (Wildman–Crippen MR) is 271 cm³/mol. The van der Waals surface area contributed by atoms with Crippen molar-refractivity contribution in [1.29, 1.82) is 0 Å². The number of carboxylic acid groups (broad SMARTS) is 1. The molecule has 0 radical (unpaired) electrons. The predicted octanol–water partition coefficient (Wildman–Crippen LogP) is 13.3. The van der Waals surface area contributed by atoms with Crippen LogP contribution >= 0.6 is 0 Å². The fourth-order valence-electron chi connectivity index (χ4n) is 8.23. The van der Waals surface area contributed by atoms with Crippen molar-refractivity contribution in [3.8, 4) is 0 Å². The van der Waals surface area contributed by atoms with E-state index in [9.17, 15) is 34.8 Å². The normalized spacial score (nSPS) is 19.3. The summed E-state index contributed by atoms with van der Waals surface area (Å²) in [6, 6.07) is 0. The van der Waals surface area contributed by atoms with E-state index in [-0.39, 0.29) is 19.4 Å². The van der Waals surface area contributed by atoms with E-state index in [1.807, 2.05) is 0 Å². The molecule has 0 amide bonds. The second-order valence-corrected chi connectivity index (χ2v) is 18.7. The molecule has 0 spiro atoms. The maximum absolute atomic E-state index is 12.9. The second-order valence-electron chi connectivity index (χ2n) is 18.7. The minimum atomic E-state index is -1.86. The van der Waals surface area contributed by atoms with Gasteiger partial charge >= 0.3 is 17.9 Å². The van der Waals surface area contributed by atoms with Crippen LogP contribution in [0.25, 0.3) is 0 Å². The molecule has 11 heteroatoms. The highest BCUT2D eigenvalue weighted by molar-refractivity contribution is 5.73. The summed E-state index contributed by atoms with van der Waals surface area (Å²) in [5, 5.41) is 40.0. The highest BCUT2D eigenvalue weighted by Gasteiger charge is 2.47. The van der Waals surface area contributed by atoms with Crippen molar-refractivity contribution in [1.82, 2.24) is 0 Å². The Bertz CT molecular complexity index is 1300. The third kappa shape index (κ3) is 36.8. The molecule has 67 heavy (non-hydrogen) atoms. The number of carboxylic acids is 1. The van der Waals surface area contributed by atoms with E-state index >= 15 is 0 Å².